The molecule has 2 aromatic carbocycles. The van der Waals surface area contributed by atoms with Crippen molar-refractivity contribution in [3.63, 3.8) is 0 Å². The summed E-state index contributed by atoms with van der Waals surface area (Å²) in [5.74, 6) is 1.53. The molecule has 0 unspecified atom stereocenters. The number of ether oxygens (including phenoxy) is 1. The number of hydrogen-bond acceptors (Lipinski definition) is 2. The monoisotopic (exact) mass is 321 g/mol. The molecule has 0 aromatic heterocycles. The van der Waals surface area contributed by atoms with Gasteiger partial charge in [0.1, 0.15) is 11.5 Å². The highest BCUT2D eigenvalue weighted by atomic mass is 16.5. The fourth-order valence-corrected chi connectivity index (χ4v) is 4.18. The van der Waals surface area contributed by atoms with Crippen LogP contribution in [0.4, 0.5) is 0 Å². The third kappa shape index (κ3) is 2.39. The van der Waals surface area contributed by atoms with E-state index in [0.29, 0.717) is 12.1 Å². The van der Waals surface area contributed by atoms with E-state index in [0.717, 1.165) is 35.5 Å². The zero-order chi connectivity index (χ0) is 16.7. The number of hydrogen-bond donors (Lipinski definition) is 0. The summed E-state index contributed by atoms with van der Waals surface area (Å²) in [4.78, 5) is 15.7. The molecule has 3 nitrogen and oxygen atoms in total. The van der Waals surface area contributed by atoms with E-state index in [1.807, 2.05) is 48.5 Å². The molecule has 24 heavy (non-hydrogen) atoms. The molecular weight excluding hydrogens is 298 g/mol. The molecule has 0 aliphatic carbocycles. The molecule has 2 aromatic rings. The van der Waals surface area contributed by atoms with Crippen LogP contribution in [0.2, 0.25) is 0 Å². The van der Waals surface area contributed by atoms with Crippen LogP contribution in [-0.4, -0.2) is 22.9 Å². The van der Waals surface area contributed by atoms with Crippen LogP contribution in [0.1, 0.15) is 50.2 Å². The second kappa shape index (κ2) is 5.97. The number of fused-ring (bicyclic) bond motifs is 2. The summed E-state index contributed by atoms with van der Waals surface area (Å²) >= 11 is 0. The Kier molecular flexibility index (Phi) is 3.79. The molecule has 0 N–H and O–H groups in total. The van der Waals surface area contributed by atoms with Crippen molar-refractivity contribution in [2.24, 2.45) is 0 Å². The Labute approximate surface area is 143 Å². The lowest BCUT2D eigenvalue weighted by molar-refractivity contribution is -0.138. The standard InChI is InChI=1S/C21H23NO2/c1-14-8-7-9-15(2)22(14)21(23)20-16-10-3-5-12-18(16)24-19-13-6-4-11-17(19)20/h3-6,10-15,20H,7-9H2,1-2H3/t14-,15+. The molecule has 2 aliphatic heterocycles. The van der Waals surface area contributed by atoms with Crippen molar-refractivity contribution in [3.8, 4) is 11.5 Å². The summed E-state index contributed by atoms with van der Waals surface area (Å²) in [7, 11) is 0. The van der Waals surface area contributed by atoms with Crippen LogP contribution in [0.25, 0.3) is 0 Å². The quantitative estimate of drug-likeness (QED) is 0.761. The molecule has 0 saturated carbocycles. The second-order valence-corrected chi connectivity index (χ2v) is 6.99. The minimum absolute atomic E-state index is 0.206. The number of carbonyl (C=O) groups is 1. The van der Waals surface area contributed by atoms with Gasteiger partial charge in [-0.05, 0) is 45.2 Å². The van der Waals surface area contributed by atoms with Crippen molar-refractivity contribution < 1.29 is 9.53 Å². The van der Waals surface area contributed by atoms with Gasteiger partial charge in [-0.25, -0.2) is 0 Å². The van der Waals surface area contributed by atoms with Gasteiger partial charge in [0.2, 0.25) is 5.91 Å². The molecule has 2 atom stereocenters. The normalized spacial score (nSPS) is 23.2. The first-order chi connectivity index (χ1) is 11.7. The number of rotatable bonds is 1. The van der Waals surface area contributed by atoms with Gasteiger partial charge in [0, 0.05) is 23.2 Å². The minimum Gasteiger partial charge on any atom is -0.457 e. The lowest BCUT2D eigenvalue weighted by atomic mass is 9.85. The van der Waals surface area contributed by atoms with Gasteiger partial charge in [0.05, 0.1) is 5.92 Å². The van der Waals surface area contributed by atoms with E-state index < -0.39 is 0 Å². The molecule has 0 spiro atoms. The Balaban J connectivity index is 1.81. The topological polar surface area (TPSA) is 29.5 Å². The van der Waals surface area contributed by atoms with Crippen molar-refractivity contribution in [2.45, 2.75) is 51.1 Å². The molecule has 2 heterocycles. The van der Waals surface area contributed by atoms with Crippen molar-refractivity contribution in [1.82, 2.24) is 4.90 Å². The van der Waals surface area contributed by atoms with Crippen molar-refractivity contribution >= 4 is 5.91 Å². The Hall–Kier alpha value is -2.29. The average Bonchev–Trinajstić information content (AvgIpc) is 2.59. The van der Waals surface area contributed by atoms with Crippen LogP contribution in [-0.2, 0) is 4.79 Å². The third-order valence-corrected chi connectivity index (χ3v) is 5.37. The summed E-state index contributed by atoms with van der Waals surface area (Å²) in [5.41, 5.74) is 1.96. The highest BCUT2D eigenvalue weighted by molar-refractivity contribution is 5.90. The molecule has 1 amide bonds. The van der Waals surface area contributed by atoms with Crippen LogP contribution in [0.5, 0.6) is 11.5 Å². The molecule has 0 bridgehead atoms. The van der Waals surface area contributed by atoms with E-state index in [4.69, 9.17) is 4.74 Å². The molecule has 0 radical (unpaired) electrons. The average molecular weight is 321 g/mol. The zero-order valence-corrected chi connectivity index (χ0v) is 14.2. The summed E-state index contributed by atoms with van der Waals surface area (Å²) in [6.07, 6.45) is 3.37. The first kappa shape index (κ1) is 15.3. The van der Waals surface area contributed by atoms with Gasteiger partial charge >= 0.3 is 0 Å². The zero-order valence-electron chi connectivity index (χ0n) is 14.2. The van der Waals surface area contributed by atoms with Gasteiger partial charge < -0.3 is 9.64 Å². The van der Waals surface area contributed by atoms with Gasteiger partial charge in [-0.3, -0.25) is 4.79 Å². The van der Waals surface area contributed by atoms with Gasteiger partial charge in [-0.15, -0.1) is 0 Å². The number of carbonyl (C=O) groups excluding carboxylic acids is 1. The number of benzene rings is 2. The van der Waals surface area contributed by atoms with Crippen LogP contribution in [0.15, 0.2) is 48.5 Å². The predicted molar refractivity (Wildman–Crippen MR) is 94.4 cm³/mol. The fraction of sp³-hybridized carbons (Fsp3) is 0.381. The summed E-state index contributed by atoms with van der Waals surface area (Å²) in [6, 6.07) is 16.4. The van der Waals surface area contributed by atoms with Gasteiger partial charge in [-0.1, -0.05) is 36.4 Å². The van der Waals surface area contributed by atoms with Gasteiger partial charge in [0.25, 0.3) is 0 Å². The fourth-order valence-electron chi connectivity index (χ4n) is 4.18. The third-order valence-electron chi connectivity index (χ3n) is 5.37. The van der Waals surface area contributed by atoms with E-state index in [1.165, 1.54) is 6.42 Å². The maximum Gasteiger partial charge on any atom is 0.235 e. The highest BCUT2D eigenvalue weighted by Crippen LogP contribution is 2.45. The van der Waals surface area contributed by atoms with Crippen LogP contribution < -0.4 is 4.74 Å². The Morgan fingerprint density at radius 3 is 1.96 bits per heavy atom. The highest BCUT2D eigenvalue weighted by Gasteiger charge is 2.39. The molecule has 1 saturated heterocycles. The lowest BCUT2D eigenvalue weighted by Gasteiger charge is -2.42. The Morgan fingerprint density at radius 1 is 0.917 bits per heavy atom. The first-order valence-electron chi connectivity index (χ1n) is 8.84. The van der Waals surface area contributed by atoms with E-state index in [2.05, 4.69) is 18.7 Å². The summed E-state index contributed by atoms with van der Waals surface area (Å²) < 4.78 is 6.03. The van der Waals surface area contributed by atoms with E-state index in [-0.39, 0.29) is 11.8 Å². The number of nitrogens with zero attached hydrogens (tertiary/aromatic N) is 1. The molecule has 124 valence electrons. The molecule has 1 fully saturated rings. The maximum absolute atomic E-state index is 13.6. The number of amides is 1. The molecule has 2 aliphatic rings. The SMILES string of the molecule is C[C@@H]1CCC[C@H](C)N1C(=O)C1c2ccccc2Oc2ccccc21. The molecule has 4 rings (SSSR count). The molecular formula is C21H23NO2. The lowest BCUT2D eigenvalue weighted by Crippen LogP contribution is -2.49. The van der Waals surface area contributed by atoms with Crippen LogP contribution in [0.3, 0.4) is 0 Å². The van der Waals surface area contributed by atoms with Gasteiger partial charge in [0.15, 0.2) is 0 Å². The Morgan fingerprint density at radius 2 is 1.42 bits per heavy atom. The number of piperidine rings is 1. The second-order valence-electron chi connectivity index (χ2n) is 6.99. The smallest absolute Gasteiger partial charge is 0.235 e. The van der Waals surface area contributed by atoms with Crippen molar-refractivity contribution in [2.75, 3.05) is 0 Å². The van der Waals surface area contributed by atoms with E-state index in [1.54, 1.807) is 0 Å². The first-order valence-corrected chi connectivity index (χ1v) is 8.84. The number of para-hydroxylation sites is 2. The van der Waals surface area contributed by atoms with Crippen LogP contribution in [0, 0.1) is 0 Å². The number of likely N-dealkylation sites (tertiary alicyclic amines) is 1. The van der Waals surface area contributed by atoms with E-state index >= 15 is 0 Å². The Bertz CT molecular complexity index is 714. The van der Waals surface area contributed by atoms with E-state index in [9.17, 15) is 4.79 Å². The minimum atomic E-state index is -0.269. The van der Waals surface area contributed by atoms with Crippen molar-refractivity contribution in [1.29, 1.82) is 0 Å². The predicted octanol–water partition coefficient (Wildman–Crippen LogP) is 4.71. The maximum atomic E-state index is 13.6. The summed E-state index contributed by atoms with van der Waals surface area (Å²) in [5, 5.41) is 0. The van der Waals surface area contributed by atoms with Gasteiger partial charge in [-0.2, -0.15) is 0 Å². The van der Waals surface area contributed by atoms with Crippen molar-refractivity contribution in [3.05, 3.63) is 59.7 Å². The largest absolute Gasteiger partial charge is 0.457 e. The molecule has 3 heteroatoms. The van der Waals surface area contributed by atoms with Crippen LogP contribution >= 0.6 is 0 Å². The summed E-state index contributed by atoms with van der Waals surface area (Å²) in [6.45, 7) is 4.34.